The highest BCUT2D eigenvalue weighted by Crippen LogP contribution is 2.20. The number of carbonyl (C=O) groups excluding carboxylic acids is 1. The van der Waals surface area contributed by atoms with Crippen LogP contribution in [0, 0.1) is 0 Å². The zero-order chi connectivity index (χ0) is 19.8. The number of nitrogens with one attached hydrogen (secondary N) is 1. The third-order valence-corrected chi connectivity index (χ3v) is 4.49. The van der Waals surface area contributed by atoms with E-state index in [1.54, 1.807) is 17.3 Å². The smallest absolute Gasteiger partial charge is 0.322 e. The largest absolute Gasteiger partial charge is 0.494 e. The number of hydrogen-bond acceptors (Lipinski definition) is 3. The maximum absolute atomic E-state index is 13.0. The molecule has 1 heterocycles. The summed E-state index contributed by atoms with van der Waals surface area (Å²) in [7, 11) is 0. The number of halogens is 1. The summed E-state index contributed by atoms with van der Waals surface area (Å²) < 4.78 is 5.44. The molecule has 0 unspecified atom stereocenters. The Hall–Kier alpha value is -3.05. The highest BCUT2D eigenvalue weighted by atomic mass is 35.5. The molecule has 0 fully saturated rings. The molecule has 0 radical (unpaired) electrons. The van der Waals surface area contributed by atoms with Crippen LogP contribution in [0.5, 0.6) is 5.75 Å². The van der Waals surface area contributed by atoms with Crippen molar-refractivity contribution in [3.8, 4) is 5.75 Å². The normalized spacial score (nSPS) is 10.4. The quantitative estimate of drug-likeness (QED) is 0.585. The summed E-state index contributed by atoms with van der Waals surface area (Å²) in [5.74, 6) is 0.767. The van der Waals surface area contributed by atoms with Crippen molar-refractivity contribution in [3.63, 3.8) is 0 Å². The number of urea groups is 1. The van der Waals surface area contributed by atoms with Gasteiger partial charge in [-0.05, 0) is 54.4 Å². The molecule has 3 aromatic rings. The second-order valence-corrected chi connectivity index (χ2v) is 6.60. The van der Waals surface area contributed by atoms with E-state index in [2.05, 4.69) is 10.3 Å². The lowest BCUT2D eigenvalue weighted by Crippen LogP contribution is -2.34. The summed E-state index contributed by atoms with van der Waals surface area (Å²) in [6.45, 7) is 3.34. The molecule has 6 heteroatoms. The van der Waals surface area contributed by atoms with E-state index < -0.39 is 0 Å². The van der Waals surface area contributed by atoms with Crippen molar-refractivity contribution in [2.45, 2.75) is 20.0 Å². The van der Waals surface area contributed by atoms with E-state index in [1.807, 2.05) is 67.6 Å². The Morgan fingerprint density at radius 2 is 1.86 bits per heavy atom. The molecule has 0 aliphatic rings. The van der Waals surface area contributed by atoms with E-state index >= 15 is 0 Å². The van der Waals surface area contributed by atoms with E-state index in [0.29, 0.717) is 30.4 Å². The third-order valence-electron chi connectivity index (χ3n) is 4.12. The SMILES string of the molecule is CCOc1ccc(NC(=O)N(Cc2cccnc2)Cc2ccccc2Cl)cc1. The number of amides is 2. The van der Waals surface area contributed by atoms with Gasteiger partial charge in [-0.15, -0.1) is 0 Å². The molecule has 0 bridgehead atoms. The maximum Gasteiger partial charge on any atom is 0.322 e. The summed E-state index contributed by atoms with van der Waals surface area (Å²) in [6, 6.07) is 18.4. The predicted molar refractivity (Wildman–Crippen MR) is 112 cm³/mol. The number of aromatic nitrogens is 1. The number of anilines is 1. The van der Waals surface area contributed by atoms with Crippen molar-refractivity contribution < 1.29 is 9.53 Å². The third kappa shape index (κ3) is 5.47. The van der Waals surface area contributed by atoms with Gasteiger partial charge in [-0.2, -0.15) is 0 Å². The number of pyridine rings is 1. The Morgan fingerprint density at radius 1 is 1.07 bits per heavy atom. The van der Waals surface area contributed by atoms with Gasteiger partial charge in [-0.1, -0.05) is 35.9 Å². The van der Waals surface area contributed by atoms with Gasteiger partial charge in [0.2, 0.25) is 0 Å². The zero-order valence-corrected chi connectivity index (χ0v) is 16.4. The number of rotatable bonds is 7. The lowest BCUT2D eigenvalue weighted by molar-refractivity contribution is 0.206. The van der Waals surface area contributed by atoms with Crippen LogP contribution in [0.3, 0.4) is 0 Å². The summed E-state index contributed by atoms with van der Waals surface area (Å²) in [6.07, 6.45) is 3.46. The standard InChI is InChI=1S/C22H22ClN3O2/c1-2-28-20-11-9-19(10-12-20)25-22(27)26(15-17-6-5-13-24-14-17)16-18-7-3-4-8-21(18)23/h3-14H,2,15-16H2,1H3,(H,25,27). The molecular formula is C22H22ClN3O2. The number of nitrogens with zero attached hydrogens (tertiary/aromatic N) is 2. The van der Waals surface area contributed by atoms with Crippen molar-refractivity contribution in [1.82, 2.24) is 9.88 Å². The maximum atomic E-state index is 13.0. The van der Waals surface area contributed by atoms with Gasteiger partial charge in [0, 0.05) is 36.2 Å². The van der Waals surface area contributed by atoms with E-state index in [4.69, 9.17) is 16.3 Å². The Morgan fingerprint density at radius 3 is 2.54 bits per heavy atom. The molecule has 2 aromatic carbocycles. The van der Waals surface area contributed by atoms with Crippen LogP contribution in [0.2, 0.25) is 5.02 Å². The minimum atomic E-state index is -0.215. The van der Waals surface area contributed by atoms with Crippen LogP contribution in [-0.4, -0.2) is 22.5 Å². The summed E-state index contributed by atoms with van der Waals surface area (Å²) in [4.78, 5) is 18.8. The number of benzene rings is 2. The molecule has 28 heavy (non-hydrogen) atoms. The molecular weight excluding hydrogens is 374 g/mol. The van der Waals surface area contributed by atoms with Gasteiger partial charge >= 0.3 is 6.03 Å². The van der Waals surface area contributed by atoms with E-state index in [0.717, 1.165) is 16.9 Å². The Labute approximate surface area is 169 Å². The van der Waals surface area contributed by atoms with Gasteiger partial charge < -0.3 is 15.0 Å². The molecule has 0 saturated carbocycles. The fourth-order valence-corrected chi connectivity index (χ4v) is 2.94. The zero-order valence-electron chi connectivity index (χ0n) is 15.6. The van der Waals surface area contributed by atoms with E-state index in [1.165, 1.54) is 0 Å². The summed E-state index contributed by atoms with van der Waals surface area (Å²) in [5, 5.41) is 3.57. The monoisotopic (exact) mass is 395 g/mol. The van der Waals surface area contributed by atoms with Crippen molar-refractivity contribution in [2.75, 3.05) is 11.9 Å². The first kappa shape index (κ1) is 19.7. The molecule has 0 atom stereocenters. The van der Waals surface area contributed by atoms with Crippen LogP contribution in [0.15, 0.2) is 73.1 Å². The molecule has 0 spiro atoms. The lowest BCUT2D eigenvalue weighted by Gasteiger charge is -2.24. The Balaban J connectivity index is 1.76. The van der Waals surface area contributed by atoms with Crippen molar-refractivity contribution in [1.29, 1.82) is 0 Å². The van der Waals surface area contributed by atoms with Crippen LogP contribution in [0.4, 0.5) is 10.5 Å². The first-order valence-electron chi connectivity index (χ1n) is 9.07. The Kier molecular flexibility index (Phi) is 6.87. The van der Waals surface area contributed by atoms with Crippen molar-refractivity contribution in [2.24, 2.45) is 0 Å². The van der Waals surface area contributed by atoms with E-state index in [9.17, 15) is 4.79 Å². The summed E-state index contributed by atoms with van der Waals surface area (Å²) >= 11 is 6.30. The second-order valence-electron chi connectivity index (χ2n) is 6.20. The van der Waals surface area contributed by atoms with Crippen LogP contribution < -0.4 is 10.1 Å². The van der Waals surface area contributed by atoms with Crippen LogP contribution in [-0.2, 0) is 13.1 Å². The topological polar surface area (TPSA) is 54.5 Å². The first-order valence-corrected chi connectivity index (χ1v) is 9.44. The second kappa shape index (κ2) is 9.76. The average Bonchev–Trinajstić information content (AvgIpc) is 2.71. The number of carbonyl (C=O) groups is 1. The molecule has 0 aliphatic heterocycles. The minimum Gasteiger partial charge on any atom is -0.494 e. The fourth-order valence-electron chi connectivity index (χ4n) is 2.75. The molecule has 1 aromatic heterocycles. The molecule has 5 nitrogen and oxygen atoms in total. The average molecular weight is 396 g/mol. The highest BCUT2D eigenvalue weighted by molar-refractivity contribution is 6.31. The van der Waals surface area contributed by atoms with Gasteiger partial charge in [0.05, 0.1) is 6.61 Å². The highest BCUT2D eigenvalue weighted by Gasteiger charge is 2.16. The molecule has 144 valence electrons. The number of hydrogen-bond donors (Lipinski definition) is 1. The molecule has 3 rings (SSSR count). The van der Waals surface area contributed by atoms with Crippen LogP contribution in [0.25, 0.3) is 0 Å². The number of ether oxygens (including phenoxy) is 1. The first-order chi connectivity index (χ1) is 13.7. The van der Waals surface area contributed by atoms with Gasteiger partial charge in [0.1, 0.15) is 5.75 Å². The van der Waals surface area contributed by atoms with Crippen LogP contribution in [0.1, 0.15) is 18.1 Å². The molecule has 0 aliphatic carbocycles. The lowest BCUT2D eigenvalue weighted by atomic mass is 10.2. The molecule has 1 N–H and O–H groups in total. The van der Waals surface area contributed by atoms with E-state index in [-0.39, 0.29) is 6.03 Å². The minimum absolute atomic E-state index is 0.215. The van der Waals surface area contributed by atoms with Crippen molar-refractivity contribution >= 4 is 23.3 Å². The summed E-state index contributed by atoms with van der Waals surface area (Å²) in [5.41, 5.74) is 2.52. The van der Waals surface area contributed by atoms with Gasteiger partial charge in [0.25, 0.3) is 0 Å². The van der Waals surface area contributed by atoms with Crippen LogP contribution >= 0.6 is 11.6 Å². The predicted octanol–water partition coefficient (Wildman–Crippen LogP) is 5.37. The fraction of sp³-hybridized carbons (Fsp3) is 0.182. The molecule has 0 saturated heterocycles. The van der Waals surface area contributed by atoms with Crippen molar-refractivity contribution in [3.05, 3.63) is 89.2 Å². The van der Waals surface area contributed by atoms with Gasteiger partial charge in [-0.25, -0.2) is 4.79 Å². The molecule has 2 amide bonds. The Bertz CT molecular complexity index is 901. The van der Waals surface area contributed by atoms with Gasteiger partial charge in [0.15, 0.2) is 0 Å². The van der Waals surface area contributed by atoms with Gasteiger partial charge in [-0.3, -0.25) is 4.98 Å².